The molecule has 2 aromatic heterocycles. The van der Waals surface area contributed by atoms with E-state index in [0.717, 1.165) is 29.4 Å². The van der Waals surface area contributed by atoms with Crippen LogP contribution in [0.4, 0.5) is 0 Å². The third-order valence-corrected chi connectivity index (χ3v) is 4.87. The van der Waals surface area contributed by atoms with Gasteiger partial charge in [-0.25, -0.2) is 0 Å². The molecule has 0 fully saturated rings. The molecule has 0 radical (unpaired) electrons. The summed E-state index contributed by atoms with van der Waals surface area (Å²) in [4.78, 5) is 5.40. The highest BCUT2D eigenvalue weighted by molar-refractivity contribution is 7.71. The van der Waals surface area contributed by atoms with Gasteiger partial charge in [-0.1, -0.05) is 23.8 Å². The molecule has 25 heavy (non-hydrogen) atoms. The summed E-state index contributed by atoms with van der Waals surface area (Å²) in [6, 6.07) is 10.5. The molecule has 5 nitrogen and oxygen atoms in total. The fourth-order valence-electron chi connectivity index (χ4n) is 3.02. The quantitative estimate of drug-likeness (QED) is 0.715. The van der Waals surface area contributed by atoms with Crippen LogP contribution in [0.25, 0.3) is 11.4 Å². The fourth-order valence-corrected chi connectivity index (χ4v) is 3.22. The summed E-state index contributed by atoms with van der Waals surface area (Å²) >= 11 is 5.57. The molecular weight excluding hydrogens is 330 g/mol. The topological polar surface area (TPSA) is 40.1 Å². The molecule has 130 valence electrons. The average molecular weight is 355 g/mol. The van der Waals surface area contributed by atoms with Crippen molar-refractivity contribution < 1.29 is 4.90 Å². The van der Waals surface area contributed by atoms with E-state index in [1.54, 1.807) is 12.4 Å². The Labute approximate surface area is 153 Å². The molecule has 0 saturated carbocycles. The van der Waals surface area contributed by atoms with Crippen LogP contribution in [-0.4, -0.2) is 26.4 Å². The zero-order valence-electron chi connectivity index (χ0n) is 15.2. The highest BCUT2D eigenvalue weighted by Gasteiger charge is 2.13. The number of nitrogens with one attached hydrogen (secondary N) is 1. The highest BCUT2D eigenvalue weighted by atomic mass is 32.1. The largest absolute Gasteiger partial charge is 0.315 e. The summed E-state index contributed by atoms with van der Waals surface area (Å²) in [5, 5.41) is 4.72. The van der Waals surface area contributed by atoms with Crippen LogP contribution in [0.1, 0.15) is 16.7 Å². The van der Waals surface area contributed by atoms with Crippen LogP contribution in [0.5, 0.6) is 0 Å². The number of hydrogen-bond acceptors (Lipinski definition) is 3. The van der Waals surface area contributed by atoms with Gasteiger partial charge in [-0.15, -0.1) is 5.10 Å². The number of aryl methyl sites for hydroxylation is 2. The minimum atomic E-state index is 0.727. The maximum absolute atomic E-state index is 5.57. The van der Waals surface area contributed by atoms with Gasteiger partial charge in [0.25, 0.3) is 0 Å². The SMILES string of the molecule is Cc1ccc(C[NH+](C)Cn2nc(-c3ccncc3)n(C)c2=S)c(C)c1. The smallest absolute Gasteiger partial charge is 0.202 e. The molecule has 6 heteroatoms. The third kappa shape index (κ3) is 3.86. The van der Waals surface area contributed by atoms with E-state index in [0.29, 0.717) is 0 Å². The van der Waals surface area contributed by atoms with E-state index >= 15 is 0 Å². The van der Waals surface area contributed by atoms with Gasteiger partial charge in [0, 0.05) is 30.6 Å². The molecule has 0 amide bonds. The Kier molecular flexibility index (Phi) is 5.11. The predicted octanol–water partition coefficient (Wildman–Crippen LogP) is 2.30. The molecule has 1 N–H and O–H groups in total. The molecule has 0 aliphatic rings. The molecule has 0 aliphatic heterocycles. The second kappa shape index (κ2) is 7.29. The van der Waals surface area contributed by atoms with Crippen LogP contribution in [0.3, 0.4) is 0 Å². The van der Waals surface area contributed by atoms with Gasteiger partial charge < -0.3 is 9.47 Å². The monoisotopic (exact) mass is 354 g/mol. The van der Waals surface area contributed by atoms with Crippen molar-refractivity contribution in [2.75, 3.05) is 7.05 Å². The number of hydrogen-bond donors (Lipinski definition) is 1. The number of quaternary nitrogens is 1. The maximum atomic E-state index is 5.57. The van der Waals surface area contributed by atoms with E-state index in [4.69, 9.17) is 17.3 Å². The molecule has 0 bridgehead atoms. The van der Waals surface area contributed by atoms with Gasteiger partial charge in [0.1, 0.15) is 6.54 Å². The summed E-state index contributed by atoms with van der Waals surface area (Å²) in [7, 11) is 4.13. The van der Waals surface area contributed by atoms with Gasteiger partial charge in [-0.05, 0) is 43.8 Å². The van der Waals surface area contributed by atoms with Crippen LogP contribution < -0.4 is 4.90 Å². The van der Waals surface area contributed by atoms with E-state index in [-0.39, 0.29) is 0 Å². The van der Waals surface area contributed by atoms with E-state index in [2.05, 4.69) is 44.1 Å². The fraction of sp³-hybridized carbons (Fsp3) is 0.316. The second-order valence-electron chi connectivity index (χ2n) is 6.62. The van der Waals surface area contributed by atoms with Gasteiger partial charge in [0.05, 0.1) is 7.05 Å². The number of rotatable bonds is 5. The number of aromatic nitrogens is 4. The normalized spacial score (nSPS) is 12.3. The Morgan fingerprint density at radius 1 is 1.12 bits per heavy atom. The van der Waals surface area contributed by atoms with Crippen molar-refractivity contribution in [1.29, 1.82) is 0 Å². The van der Waals surface area contributed by atoms with Gasteiger partial charge in [0.15, 0.2) is 12.5 Å². The lowest BCUT2D eigenvalue weighted by Gasteiger charge is -2.15. The summed E-state index contributed by atoms with van der Waals surface area (Å²) in [5.41, 5.74) is 5.02. The van der Waals surface area contributed by atoms with Crippen LogP contribution in [0.15, 0.2) is 42.7 Å². The second-order valence-corrected chi connectivity index (χ2v) is 6.99. The Morgan fingerprint density at radius 3 is 2.52 bits per heavy atom. The maximum Gasteiger partial charge on any atom is 0.202 e. The minimum absolute atomic E-state index is 0.727. The van der Waals surface area contributed by atoms with Crippen molar-refractivity contribution in [3.8, 4) is 11.4 Å². The zero-order valence-corrected chi connectivity index (χ0v) is 16.0. The van der Waals surface area contributed by atoms with Crippen molar-refractivity contribution in [3.05, 3.63) is 64.2 Å². The van der Waals surface area contributed by atoms with Gasteiger partial charge in [-0.2, -0.15) is 4.68 Å². The summed E-state index contributed by atoms with van der Waals surface area (Å²) < 4.78 is 4.59. The van der Waals surface area contributed by atoms with Crippen molar-refractivity contribution in [1.82, 2.24) is 19.3 Å². The first-order valence-electron chi connectivity index (χ1n) is 8.37. The number of pyridine rings is 1. The van der Waals surface area contributed by atoms with E-state index in [9.17, 15) is 0 Å². The van der Waals surface area contributed by atoms with Crippen molar-refractivity contribution >= 4 is 12.2 Å². The molecule has 0 saturated heterocycles. The molecule has 1 aromatic carbocycles. The van der Waals surface area contributed by atoms with E-state index < -0.39 is 0 Å². The standard InChI is InChI=1S/C19H23N5S/c1-14-5-6-17(15(2)11-14)12-22(3)13-24-19(25)23(4)18(21-24)16-7-9-20-10-8-16/h5-11H,12-13H2,1-4H3/p+1. The molecular formula is C19H24N5S+. The first-order valence-corrected chi connectivity index (χ1v) is 8.78. The lowest BCUT2D eigenvalue weighted by molar-refractivity contribution is -0.917. The van der Waals surface area contributed by atoms with Gasteiger partial charge >= 0.3 is 0 Å². The lowest BCUT2D eigenvalue weighted by Crippen LogP contribution is -3.07. The number of nitrogens with zero attached hydrogens (tertiary/aromatic N) is 4. The molecule has 3 aromatic rings. The molecule has 1 atom stereocenters. The first-order chi connectivity index (χ1) is 12.0. The Bertz CT molecular complexity index is 927. The summed E-state index contributed by atoms with van der Waals surface area (Å²) in [6.07, 6.45) is 3.55. The van der Waals surface area contributed by atoms with Gasteiger partial charge in [0.2, 0.25) is 4.77 Å². The predicted molar refractivity (Wildman–Crippen MR) is 102 cm³/mol. The van der Waals surface area contributed by atoms with E-state index in [1.807, 2.05) is 28.4 Å². The van der Waals surface area contributed by atoms with Gasteiger partial charge in [-0.3, -0.25) is 4.98 Å². The molecule has 2 heterocycles. The minimum Gasteiger partial charge on any atom is -0.315 e. The first kappa shape index (κ1) is 17.5. The Morgan fingerprint density at radius 2 is 1.84 bits per heavy atom. The molecule has 1 unspecified atom stereocenters. The van der Waals surface area contributed by atoms with Crippen LogP contribution in [-0.2, 0) is 20.3 Å². The van der Waals surface area contributed by atoms with Crippen molar-refractivity contribution in [2.45, 2.75) is 27.1 Å². The zero-order chi connectivity index (χ0) is 18.0. The van der Waals surface area contributed by atoms with Crippen LogP contribution in [0.2, 0.25) is 0 Å². The van der Waals surface area contributed by atoms with E-state index in [1.165, 1.54) is 21.6 Å². The third-order valence-electron chi connectivity index (χ3n) is 4.39. The van der Waals surface area contributed by atoms with Crippen LogP contribution in [0, 0.1) is 18.6 Å². The molecule has 3 rings (SSSR count). The molecule has 0 aliphatic carbocycles. The van der Waals surface area contributed by atoms with Crippen molar-refractivity contribution in [2.24, 2.45) is 7.05 Å². The number of benzene rings is 1. The Hall–Kier alpha value is -2.31. The Balaban J connectivity index is 1.80. The van der Waals surface area contributed by atoms with Crippen LogP contribution >= 0.6 is 12.2 Å². The highest BCUT2D eigenvalue weighted by Crippen LogP contribution is 2.15. The summed E-state index contributed by atoms with van der Waals surface area (Å²) in [6.45, 7) is 5.96. The average Bonchev–Trinajstić information content (AvgIpc) is 2.87. The molecule has 0 spiro atoms. The summed E-state index contributed by atoms with van der Waals surface area (Å²) in [5.74, 6) is 0.867. The lowest BCUT2D eigenvalue weighted by atomic mass is 10.1. The van der Waals surface area contributed by atoms with Crippen molar-refractivity contribution in [3.63, 3.8) is 0 Å².